The summed E-state index contributed by atoms with van der Waals surface area (Å²) in [7, 11) is 0. The van der Waals surface area contributed by atoms with Gasteiger partial charge in [0.05, 0.1) is 6.61 Å². The summed E-state index contributed by atoms with van der Waals surface area (Å²) in [5, 5.41) is 1.97. The molecule has 74 valence electrons. The van der Waals surface area contributed by atoms with E-state index in [1.54, 1.807) is 6.20 Å². The van der Waals surface area contributed by atoms with Crippen molar-refractivity contribution in [1.29, 1.82) is 0 Å². The van der Waals surface area contributed by atoms with E-state index >= 15 is 0 Å². The van der Waals surface area contributed by atoms with Gasteiger partial charge in [-0.3, -0.25) is 4.79 Å². The minimum absolute atomic E-state index is 0.0713. The van der Waals surface area contributed by atoms with Crippen molar-refractivity contribution in [3.05, 3.63) is 36.2 Å². The molecule has 3 rings (SSSR count). The predicted octanol–water partition coefficient (Wildman–Crippen LogP) is 2.20. The second-order valence-corrected chi connectivity index (χ2v) is 3.54. The van der Waals surface area contributed by atoms with E-state index in [1.165, 1.54) is 0 Å². The maximum absolute atomic E-state index is 11.6. The normalized spacial score (nSPS) is 14.8. The molecule has 15 heavy (non-hydrogen) atoms. The topological polar surface area (TPSA) is 39.2 Å². The zero-order valence-corrected chi connectivity index (χ0v) is 8.06. The number of carbonyl (C=O) groups is 1. The van der Waals surface area contributed by atoms with Gasteiger partial charge in [0, 0.05) is 23.4 Å². The number of aromatic nitrogens is 1. The Morgan fingerprint density at radius 1 is 1.27 bits per heavy atom. The molecular weight excluding hydrogens is 190 g/mol. The number of Topliss-reactive ketones (excluding diaryl/α,β-unsaturated/α-hetero) is 1. The summed E-state index contributed by atoms with van der Waals surface area (Å²) >= 11 is 0. The lowest BCUT2D eigenvalue weighted by atomic mass is 10.1. The molecule has 1 aliphatic heterocycles. The van der Waals surface area contributed by atoms with Crippen LogP contribution in [0.5, 0.6) is 5.75 Å². The summed E-state index contributed by atoms with van der Waals surface area (Å²) in [5.74, 6) is 0.714. The number of rotatable bonds is 0. The van der Waals surface area contributed by atoms with Gasteiger partial charge in [-0.1, -0.05) is 24.3 Å². The Kier molecular flexibility index (Phi) is 1.71. The van der Waals surface area contributed by atoms with Gasteiger partial charge < -0.3 is 4.74 Å². The van der Waals surface area contributed by atoms with Gasteiger partial charge >= 0.3 is 0 Å². The molecule has 3 heteroatoms. The number of ketones is 1. The van der Waals surface area contributed by atoms with E-state index in [9.17, 15) is 4.79 Å². The molecule has 0 fully saturated rings. The quantitative estimate of drug-likeness (QED) is 0.653. The first kappa shape index (κ1) is 8.41. The number of ether oxygens (including phenoxy) is 1. The molecule has 0 amide bonds. The summed E-state index contributed by atoms with van der Waals surface area (Å²) in [6, 6.07) is 7.80. The zero-order valence-electron chi connectivity index (χ0n) is 8.06. The number of carbonyl (C=O) groups excluding carboxylic acids is 1. The van der Waals surface area contributed by atoms with E-state index in [0.717, 1.165) is 10.8 Å². The lowest BCUT2D eigenvalue weighted by Crippen LogP contribution is -2.16. The van der Waals surface area contributed by atoms with E-state index in [4.69, 9.17) is 4.74 Å². The maximum Gasteiger partial charge on any atom is 0.188 e. The molecule has 0 radical (unpaired) electrons. The van der Waals surface area contributed by atoms with Crippen molar-refractivity contribution in [3.8, 4) is 5.75 Å². The van der Waals surface area contributed by atoms with Gasteiger partial charge in [-0.25, -0.2) is 4.98 Å². The smallest absolute Gasteiger partial charge is 0.188 e. The molecule has 0 saturated carbocycles. The molecule has 0 atom stereocenters. The minimum Gasteiger partial charge on any atom is -0.490 e. The van der Waals surface area contributed by atoms with Crippen LogP contribution in [0.2, 0.25) is 0 Å². The fourth-order valence-corrected chi connectivity index (χ4v) is 1.85. The van der Waals surface area contributed by atoms with Crippen molar-refractivity contribution in [3.63, 3.8) is 0 Å². The highest BCUT2D eigenvalue weighted by atomic mass is 16.5. The molecule has 1 aliphatic rings. The number of pyridine rings is 1. The standard InChI is InChI=1S/C12H9NO2/c14-10-5-6-15-12-9-4-2-1-3-8(9)7-13-11(10)12/h1-4,7H,5-6H2. The molecule has 0 aliphatic carbocycles. The minimum atomic E-state index is 0.0713. The molecule has 3 nitrogen and oxygen atoms in total. The fraction of sp³-hybridized carbons (Fsp3) is 0.167. The van der Waals surface area contributed by atoms with Crippen LogP contribution in [0.15, 0.2) is 30.5 Å². The van der Waals surface area contributed by atoms with Crippen molar-refractivity contribution >= 4 is 16.6 Å². The molecule has 1 aromatic heterocycles. The molecule has 0 N–H and O–H groups in total. The lowest BCUT2D eigenvalue weighted by Gasteiger charge is -2.16. The molecule has 2 aromatic rings. The molecule has 1 aromatic carbocycles. The van der Waals surface area contributed by atoms with Crippen molar-refractivity contribution in [2.45, 2.75) is 6.42 Å². The first-order valence-electron chi connectivity index (χ1n) is 4.90. The van der Waals surface area contributed by atoms with Gasteiger partial charge in [0.2, 0.25) is 0 Å². The van der Waals surface area contributed by atoms with Crippen LogP contribution in [0.3, 0.4) is 0 Å². The molecule has 0 unspecified atom stereocenters. The van der Waals surface area contributed by atoms with Crippen LogP contribution in [-0.4, -0.2) is 17.4 Å². The molecule has 0 spiro atoms. The van der Waals surface area contributed by atoms with E-state index < -0.39 is 0 Å². The van der Waals surface area contributed by atoms with Gasteiger partial charge in [0.25, 0.3) is 0 Å². The Hall–Kier alpha value is -1.90. The largest absolute Gasteiger partial charge is 0.490 e. The van der Waals surface area contributed by atoms with Crippen molar-refractivity contribution in [2.24, 2.45) is 0 Å². The molecule has 0 bridgehead atoms. The van der Waals surface area contributed by atoms with Gasteiger partial charge in [-0.05, 0) is 0 Å². The monoisotopic (exact) mass is 199 g/mol. The molecule has 0 saturated heterocycles. The van der Waals surface area contributed by atoms with Gasteiger partial charge in [-0.2, -0.15) is 0 Å². The molecule has 2 heterocycles. The lowest BCUT2D eigenvalue weighted by molar-refractivity contribution is 0.0928. The highest BCUT2D eigenvalue weighted by Crippen LogP contribution is 2.31. The Bertz CT molecular complexity index is 548. The Labute approximate surface area is 86.7 Å². The number of hydrogen-bond donors (Lipinski definition) is 0. The second-order valence-electron chi connectivity index (χ2n) is 3.54. The van der Waals surface area contributed by atoms with Crippen LogP contribution < -0.4 is 4.74 Å². The number of nitrogens with zero attached hydrogens (tertiary/aromatic N) is 1. The highest BCUT2D eigenvalue weighted by Gasteiger charge is 2.21. The van der Waals surface area contributed by atoms with E-state index in [-0.39, 0.29) is 5.78 Å². The third kappa shape index (κ3) is 1.20. The van der Waals surface area contributed by atoms with E-state index in [2.05, 4.69) is 4.98 Å². The summed E-state index contributed by atoms with van der Waals surface area (Å²) < 4.78 is 5.52. The van der Waals surface area contributed by atoms with Crippen LogP contribution in [0.1, 0.15) is 16.9 Å². The predicted molar refractivity (Wildman–Crippen MR) is 56.2 cm³/mol. The molecular formula is C12H9NO2. The van der Waals surface area contributed by atoms with Crippen molar-refractivity contribution in [1.82, 2.24) is 4.98 Å². The zero-order chi connectivity index (χ0) is 10.3. The summed E-state index contributed by atoms with van der Waals surface area (Å²) in [5.41, 5.74) is 0.472. The average molecular weight is 199 g/mol. The van der Waals surface area contributed by atoms with Gasteiger partial charge in [0.15, 0.2) is 11.5 Å². The van der Waals surface area contributed by atoms with Crippen LogP contribution in [0.25, 0.3) is 10.8 Å². The second kappa shape index (κ2) is 3.05. The number of fused-ring (bicyclic) bond motifs is 3. The SMILES string of the molecule is O=C1CCOc2c1ncc1ccccc21. The summed E-state index contributed by atoms with van der Waals surface area (Å²) in [4.78, 5) is 15.7. The summed E-state index contributed by atoms with van der Waals surface area (Å²) in [6.07, 6.45) is 2.15. The van der Waals surface area contributed by atoms with Crippen molar-refractivity contribution < 1.29 is 9.53 Å². The maximum atomic E-state index is 11.6. The van der Waals surface area contributed by atoms with E-state index in [0.29, 0.717) is 24.5 Å². The first-order chi connectivity index (χ1) is 7.36. The van der Waals surface area contributed by atoms with Gasteiger partial charge in [0.1, 0.15) is 5.69 Å². The number of hydrogen-bond acceptors (Lipinski definition) is 3. The Balaban J connectivity index is 2.38. The Morgan fingerprint density at radius 3 is 3.07 bits per heavy atom. The van der Waals surface area contributed by atoms with Gasteiger partial charge in [-0.15, -0.1) is 0 Å². The van der Waals surface area contributed by atoms with Crippen LogP contribution in [0, 0.1) is 0 Å². The Morgan fingerprint density at radius 2 is 2.13 bits per heavy atom. The third-order valence-electron chi connectivity index (χ3n) is 2.59. The van der Waals surface area contributed by atoms with Crippen LogP contribution in [0.4, 0.5) is 0 Å². The van der Waals surface area contributed by atoms with E-state index in [1.807, 2.05) is 24.3 Å². The highest BCUT2D eigenvalue weighted by molar-refractivity contribution is 6.03. The summed E-state index contributed by atoms with van der Waals surface area (Å²) in [6.45, 7) is 0.460. The van der Waals surface area contributed by atoms with Crippen LogP contribution >= 0.6 is 0 Å². The third-order valence-corrected chi connectivity index (χ3v) is 2.59. The average Bonchev–Trinajstić information content (AvgIpc) is 2.29. The fourth-order valence-electron chi connectivity index (χ4n) is 1.85. The first-order valence-corrected chi connectivity index (χ1v) is 4.90. The number of benzene rings is 1. The van der Waals surface area contributed by atoms with Crippen molar-refractivity contribution in [2.75, 3.05) is 6.61 Å². The van der Waals surface area contributed by atoms with Crippen LogP contribution in [-0.2, 0) is 0 Å².